The van der Waals surface area contributed by atoms with E-state index in [1.165, 1.54) is 32.3 Å². The van der Waals surface area contributed by atoms with Crippen LogP contribution in [-0.4, -0.2) is 43.3 Å². The molecule has 0 saturated heterocycles. The fourth-order valence-electron chi connectivity index (χ4n) is 2.78. The van der Waals surface area contributed by atoms with Gasteiger partial charge in [-0.05, 0) is 63.4 Å². The van der Waals surface area contributed by atoms with Crippen molar-refractivity contribution in [1.29, 1.82) is 0 Å². The summed E-state index contributed by atoms with van der Waals surface area (Å²) < 4.78 is 26.7. The van der Waals surface area contributed by atoms with Crippen LogP contribution in [0.2, 0.25) is 0 Å². The quantitative estimate of drug-likeness (QED) is 0.373. The summed E-state index contributed by atoms with van der Waals surface area (Å²) in [6.07, 6.45) is 1.25. The lowest BCUT2D eigenvalue weighted by Crippen LogP contribution is -2.18. The monoisotopic (exact) mass is 470 g/mol. The van der Waals surface area contributed by atoms with Gasteiger partial charge in [0.05, 0.1) is 16.3 Å². The number of hydrogen-bond donors (Lipinski definition) is 3. The van der Waals surface area contributed by atoms with Crippen molar-refractivity contribution in [2.24, 2.45) is 10.2 Å². The Morgan fingerprint density at radius 2 is 1.91 bits per heavy atom. The molecule has 1 amide bonds. The number of sulfonamides is 1. The maximum atomic E-state index is 11.3. The van der Waals surface area contributed by atoms with Crippen molar-refractivity contribution in [3.05, 3.63) is 72.6 Å². The SMILES string of the molecule is C=CC(=O)Nc1cccc(-n2nc(C)cc2C)c1.CN=Nc1ccc(S(=O)(=O)NC)cc1O. The van der Waals surface area contributed by atoms with Crippen LogP contribution in [0.1, 0.15) is 11.4 Å². The molecule has 0 fully saturated rings. The van der Waals surface area contributed by atoms with E-state index < -0.39 is 10.0 Å². The Kier molecular flexibility index (Phi) is 8.60. The van der Waals surface area contributed by atoms with E-state index in [2.05, 4.69) is 31.9 Å². The number of aryl methyl sites for hydroxylation is 2. The second-order valence-electron chi connectivity index (χ2n) is 6.74. The molecule has 11 heteroatoms. The summed E-state index contributed by atoms with van der Waals surface area (Å²) in [7, 11) is -0.781. The van der Waals surface area contributed by atoms with E-state index in [4.69, 9.17) is 0 Å². The minimum atomic E-state index is -3.53. The highest BCUT2D eigenvalue weighted by Crippen LogP contribution is 2.28. The Bertz CT molecular complexity index is 1280. The van der Waals surface area contributed by atoms with Crippen molar-refractivity contribution in [3.8, 4) is 11.4 Å². The Morgan fingerprint density at radius 3 is 2.45 bits per heavy atom. The zero-order valence-electron chi connectivity index (χ0n) is 18.8. The summed E-state index contributed by atoms with van der Waals surface area (Å²) in [5.74, 6) is -0.447. The van der Waals surface area contributed by atoms with Crippen LogP contribution in [0.15, 0.2) is 76.3 Å². The zero-order valence-corrected chi connectivity index (χ0v) is 19.6. The Morgan fingerprint density at radius 1 is 1.18 bits per heavy atom. The minimum absolute atomic E-state index is 0.0162. The molecular weight excluding hydrogens is 444 g/mol. The summed E-state index contributed by atoms with van der Waals surface area (Å²) in [5, 5.41) is 23.7. The van der Waals surface area contributed by atoms with Crippen molar-refractivity contribution in [3.63, 3.8) is 0 Å². The molecule has 0 atom stereocenters. The molecule has 0 unspecified atom stereocenters. The second-order valence-corrected chi connectivity index (χ2v) is 8.63. The van der Waals surface area contributed by atoms with Gasteiger partial charge in [0.15, 0.2) is 0 Å². The number of nitrogens with one attached hydrogen (secondary N) is 2. The predicted molar refractivity (Wildman–Crippen MR) is 127 cm³/mol. The largest absolute Gasteiger partial charge is 0.506 e. The highest BCUT2D eigenvalue weighted by molar-refractivity contribution is 7.89. The Labute approximate surface area is 192 Å². The predicted octanol–water partition coefficient (Wildman–Crippen LogP) is 3.63. The molecule has 33 heavy (non-hydrogen) atoms. The van der Waals surface area contributed by atoms with E-state index in [1.807, 2.05) is 48.9 Å². The number of aromatic nitrogens is 2. The topological polar surface area (TPSA) is 138 Å². The maximum absolute atomic E-state index is 11.3. The number of azo groups is 1. The van der Waals surface area contributed by atoms with Crippen molar-refractivity contribution in [1.82, 2.24) is 14.5 Å². The van der Waals surface area contributed by atoms with Gasteiger partial charge in [0, 0.05) is 24.5 Å². The fraction of sp³-hybridized carbons (Fsp3) is 0.182. The summed E-state index contributed by atoms with van der Waals surface area (Å²) in [6, 6.07) is 13.4. The van der Waals surface area contributed by atoms with Gasteiger partial charge in [0.25, 0.3) is 0 Å². The van der Waals surface area contributed by atoms with Gasteiger partial charge in [-0.2, -0.15) is 15.3 Å². The number of carbonyl (C=O) groups is 1. The highest BCUT2D eigenvalue weighted by Gasteiger charge is 2.13. The molecule has 3 N–H and O–H groups in total. The van der Waals surface area contributed by atoms with Crippen LogP contribution in [-0.2, 0) is 14.8 Å². The van der Waals surface area contributed by atoms with Gasteiger partial charge in [-0.25, -0.2) is 17.8 Å². The smallest absolute Gasteiger partial charge is 0.247 e. The van der Waals surface area contributed by atoms with Crippen molar-refractivity contribution in [2.45, 2.75) is 18.7 Å². The number of phenolic OH excluding ortho intramolecular Hbond substituents is 1. The van der Waals surface area contributed by atoms with Crippen LogP contribution < -0.4 is 10.0 Å². The molecule has 0 aliphatic rings. The third-order valence-electron chi connectivity index (χ3n) is 4.29. The van der Waals surface area contributed by atoms with Crippen molar-refractivity contribution < 1.29 is 18.3 Å². The van der Waals surface area contributed by atoms with Crippen molar-refractivity contribution >= 4 is 27.3 Å². The third kappa shape index (κ3) is 6.82. The molecule has 1 heterocycles. The molecule has 0 radical (unpaired) electrons. The average molecular weight is 471 g/mol. The van der Waals surface area contributed by atoms with E-state index in [1.54, 1.807) is 0 Å². The third-order valence-corrected chi connectivity index (χ3v) is 5.70. The molecule has 0 aliphatic carbocycles. The normalized spacial score (nSPS) is 11.0. The maximum Gasteiger partial charge on any atom is 0.247 e. The van der Waals surface area contributed by atoms with Gasteiger partial charge in [0.1, 0.15) is 11.4 Å². The summed E-state index contributed by atoms with van der Waals surface area (Å²) in [4.78, 5) is 11.2. The van der Waals surface area contributed by atoms with Crippen LogP contribution in [0.25, 0.3) is 5.69 Å². The standard InChI is InChI=1S/C14H15N3O.C8H11N3O3S/c1-4-14(18)15-12-6-5-7-13(9-12)17-11(3)8-10(2)16-17;1-9-11-7-4-3-6(5-8(7)12)15(13,14)10-2/h4-9H,1H2,2-3H3,(H,15,18);3-5,10,12H,1-2H3. The van der Waals surface area contributed by atoms with Gasteiger partial charge in [-0.15, -0.1) is 0 Å². The molecule has 10 nitrogen and oxygen atoms in total. The first-order chi connectivity index (χ1) is 15.6. The van der Waals surface area contributed by atoms with Crippen LogP contribution in [0, 0.1) is 13.8 Å². The van der Waals surface area contributed by atoms with Gasteiger partial charge in [-0.1, -0.05) is 12.6 Å². The first kappa shape index (κ1) is 25.4. The van der Waals surface area contributed by atoms with E-state index in [0.29, 0.717) is 0 Å². The van der Waals surface area contributed by atoms with Crippen LogP contribution in [0.3, 0.4) is 0 Å². The Hall–Kier alpha value is -3.83. The van der Waals surface area contributed by atoms with Crippen LogP contribution in [0.5, 0.6) is 5.75 Å². The number of benzene rings is 2. The van der Waals surface area contributed by atoms with Crippen molar-refractivity contribution in [2.75, 3.05) is 19.4 Å². The number of amides is 1. The number of phenols is 1. The summed E-state index contributed by atoms with van der Waals surface area (Å²) in [6.45, 7) is 7.37. The number of nitrogens with zero attached hydrogens (tertiary/aromatic N) is 4. The molecule has 1 aromatic heterocycles. The zero-order chi connectivity index (χ0) is 24.6. The molecular formula is C22H26N6O4S. The number of hydrogen-bond acceptors (Lipinski definition) is 7. The number of anilines is 1. The lowest BCUT2D eigenvalue weighted by atomic mass is 10.2. The molecule has 2 aromatic carbocycles. The summed E-state index contributed by atoms with van der Waals surface area (Å²) >= 11 is 0. The van der Waals surface area contributed by atoms with Gasteiger partial charge < -0.3 is 10.4 Å². The lowest BCUT2D eigenvalue weighted by Gasteiger charge is -2.07. The van der Waals surface area contributed by atoms with Gasteiger partial charge in [-0.3, -0.25) is 4.79 Å². The summed E-state index contributed by atoms with van der Waals surface area (Å²) in [5.41, 5.74) is 3.90. The second kappa shape index (κ2) is 11.2. The van der Waals surface area contributed by atoms with E-state index >= 15 is 0 Å². The fourth-order valence-corrected chi connectivity index (χ4v) is 3.53. The molecule has 0 bridgehead atoms. The van der Waals surface area contributed by atoms with Crippen LogP contribution in [0.4, 0.5) is 11.4 Å². The molecule has 0 spiro atoms. The average Bonchev–Trinajstić information content (AvgIpc) is 3.13. The molecule has 0 saturated carbocycles. The number of rotatable bonds is 6. The van der Waals surface area contributed by atoms with Gasteiger partial charge >= 0.3 is 0 Å². The first-order valence-electron chi connectivity index (χ1n) is 9.74. The highest BCUT2D eigenvalue weighted by atomic mass is 32.2. The lowest BCUT2D eigenvalue weighted by molar-refractivity contribution is -0.111. The Balaban J connectivity index is 0.000000238. The molecule has 3 aromatic rings. The van der Waals surface area contributed by atoms with Crippen LogP contribution >= 0.6 is 0 Å². The van der Waals surface area contributed by atoms with Gasteiger partial charge in [0.2, 0.25) is 15.9 Å². The minimum Gasteiger partial charge on any atom is -0.506 e. The number of carbonyl (C=O) groups excluding carboxylic acids is 1. The molecule has 3 rings (SSSR count). The van der Waals surface area contributed by atoms with E-state index in [9.17, 15) is 18.3 Å². The molecule has 174 valence electrons. The first-order valence-corrected chi connectivity index (χ1v) is 11.2. The van der Waals surface area contributed by atoms with E-state index in [0.717, 1.165) is 28.8 Å². The van der Waals surface area contributed by atoms with E-state index in [-0.39, 0.29) is 22.2 Å². The number of aromatic hydroxyl groups is 1. The molecule has 0 aliphatic heterocycles.